The van der Waals surface area contributed by atoms with Crippen LogP contribution in [0.2, 0.25) is 0 Å². The third-order valence-electron chi connectivity index (χ3n) is 5.16. The van der Waals surface area contributed by atoms with E-state index >= 15 is 0 Å². The van der Waals surface area contributed by atoms with Crippen LogP contribution in [0.15, 0.2) is 54.7 Å². The van der Waals surface area contributed by atoms with E-state index in [1.807, 2.05) is 0 Å². The summed E-state index contributed by atoms with van der Waals surface area (Å²) in [5.74, 6) is -0.431. The maximum absolute atomic E-state index is 13.0. The first-order valence-corrected chi connectivity index (χ1v) is 11.3. The molecule has 168 valence electrons. The molecular formula is C21H19F3N4O3S. The number of amides is 1. The molecule has 1 fully saturated rings. The lowest BCUT2D eigenvalue weighted by Gasteiger charge is -2.17. The average molecular weight is 464 g/mol. The van der Waals surface area contributed by atoms with Crippen molar-refractivity contribution in [2.24, 2.45) is 0 Å². The molecule has 0 saturated carbocycles. The number of benzene rings is 2. The molecule has 2 aromatic carbocycles. The second-order valence-corrected chi connectivity index (χ2v) is 9.36. The topological polar surface area (TPSA) is 84.3 Å². The molecule has 2 heterocycles. The predicted octanol–water partition coefficient (Wildman–Crippen LogP) is 3.99. The third kappa shape index (κ3) is 4.20. The molecule has 0 spiro atoms. The molecular weight excluding hydrogens is 445 g/mol. The number of hydrogen-bond donors (Lipinski definition) is 1. The lowest BCUT2D eigenvalue weighted by atomic mass is 10.2. The Balaban J connectivity index is 1.57. The molecule has 32 heavy (non-hydrogen) atoms. The van der Waals surface area contributed by atoms with E-state index in [0.29, 0.717) is 30.0 Å². The fraction of sp³-hybridized carbons (Fsp3) is 0.238. The Morgan fingerprint density at radius 1 is 1.09 bits per heavy atom. The van der Waals surface area contributed by atoms with E-state index in [4.69, 9.17) is 0 Å². The Kier molecular flexibility index (Phi) is 5.45. The largest absolute Gasteiger partial charge is 0.416 e. The molecule has 11 heteroatoms. The minimum atomic E-state index is -4.49. The van der Waals surface area contributed by atoms with Gasteiger partial charge in [-0.05, 0) is 49.7 Å². The summed E-state index contributed by atoms with van der Waals surface area (Å²) in [6.45, 7) is 1.96. The fourth-order valence-corrected chi connectivity index (χ4v) is 5.13. The Hall–Kier alpha value is -3.34. The molecule has 1 aromatic heterocycles. The van der Waals surface area contributed by atoms with E-state index in [1.54, 1.807) is 31.2 Å². The molecule has 1 saturated heterocycles. The van der Waals surface area contributed by atoms with Crippen LogP contribution in [-0.2, 0) is 16.2 Å². The van der Waals surface area contributed by atoms with Gasteiger partial charge in [0, 0.05) is 12.2 Å². The van der Waals surface area contributed by atoms with Gasteiger partial charge < -0.3 is 5.32 Å². The van der Waals surface area contributed by atoms with Crippen LogP contribution in [0.1, 0.15) is 28.0 Å². The second kappa shape index (κ2) is 7.97. The van der Waals surface area contributed by atoms with Gasteiger partial charge >= 0.3 is 6.18 Å². The summed E-state index contributed by atoms with van der Waals surface area (Å²) in [6, 6.07) is 11.1. The number of carbonyl (C=O) groups is 1. The molecule has 1 aliphatic heterocycles. The van der Waals surface area contributed by atoms with Crippen molar-refractivity contribution < 1.29 is 26.4 Å². The van der Waals surface area contributed by atoms with E-state index in [9.17, 15) is 26.4 Å². The van der Waals surface area contributed by atoms with Crippen molar-refractivity contribution in [2.45, 2.75) is 19.5 Å². The highest BCUT2D eigenvalue weighted by Crippen LogP contribution is 2.31. The van der Waals surface area contributed by atoms with E-state index in [2.05, 4.69) is 10.4 Å². The molecule has 4 rings (SSSR count). The summed E-state index contributed by atoms with van der Waals surface area (Å²) in [7, 11) is -3.36. The van der Waals surface area contributed by atoms with Gasteiger partial charge in [0.15, 0.2) is 0 Å². The highest BCUT2D eigenvalue weighted by molar-refractivity contribution is 7.93. The van der Waals surface area contributed by atoms with Crippen LogP contribution in [-0.4, -0.2) is 36.4 Å². The van der Waals surface area contributed by atoms with E-state index < -0.39 is 27.7 Å². The molecule has 1 N–H and O–H groups in total. The number of hydrogen-bond acceptors (Lipinski definition) is 4. The normalized spacial score (nSPS) is 15.7. The predicted molar refractivity (Wildman–Crippen MR) is 113 cm³/mol. The van der Waals surface area contributed by atoms with Gasteiger partial charge in [0.2, 0.25) is 10.0 Å². The molecule has 7 nitrogen and oxygen atoms in total. The van der Waals surface area contributed by atoms with Crippen molar-refractivity contribution >= 4 is 27.3 Å². The third-order valence-corrected chi connectivity index (χ3v) is 7.03. The van der Waals surface area contributed by atoms with Crippen molar-refractivity contribution in [2.75, 3.05) is 21.9 Å². The van der Waals surface area contributed by atoms with E-state index in [0.717, 1.165) is 12.1 Å². The highest BCUT2D eigenvalue weighted by atomic mass is 32.2. The minimum absolute atomic E-state index is 0.0809. The molecule has 3 aromatic rings. The zero-order valence-electron chi connectivity index (χ0n) is 16.9. The van der Waals surface area contributed by atoms with Gasteiger partial charge in [-0.25, -0.2) is 13.1 Å². The molecule has 0 aliphatic carbocycles. The van der Waals surface area contributed by atoms with Crippen LogP contribution < -0.4 is 9.62 Å². The Morgan fingerprint density at radius 3 is 2.50 bits per heavy atom. The summed E-state index contributed by atoms with van der Waals surface area (Å²) in [4.78, 5) is 12.8. The number of anilines is 2. The Bertz CT molecular complexity index is 1290. The van der Waals surface area contributed by atoms with E-state index in [1.165, 1.54) is 27.3 Å². The molecule has 1 aliphatic rings. The number of carbonyl (C=O) groups excluding carboxylic acids is 1. The number of alkyl halides is 3. The van der Waals surface area contributed by atoms with Crippen molar-refractivity contribution in [3.63, 3.8) is 0 Å². The molecule has 0 radical (unpaired) electrons. The summed E-state index contributed by atoms with van der Waals surface area (Å²) in [5.41, 5.74) is 0.751. The lowest BCUT2D eigenvalue weighted by Crippen LogP contribution is -2.25. The van der Waals surface area contributed by atoms with Crippen LogP contribution in [0.3, 0.4) is 0 Å². The number of aromatic nitrogens is 2. The van der Waals surface area contributed by atoms with Crippen molar-refractivity contribution in [1.29, 1.82) is 0 Å². The minimum Gasteiger partial charge on any atom is -0.322 e. The summed E-state index contributed by atoms with van der Waals surface area (Å²) in [5, 5.41) is 6.77. The average Bonchev–Trinajstić information content (AvgIpc) is 3.29. The van der Waals surface area contributed by atoms with Gasteiger partial charge in [0.1, 0.15) is 0 Å². The van der Waals surface area contributed by atoms with Crippen LogP contribution in [0.25, 0.3) is 5.69 Å². The quantitative estimate of drug-likeness (QED) is 0.633. The van der Waals surface area contributed by atoms with Crippen LogP contribution in [0.4, 0.5) is 24.5 Å². The maximum atomic E-state index is 13.0. The first-order valence-electron chi connectivity index (χ1n) is 9.70. The highest BCUT2D eigenvalue weighted by Gasteiger charge is 2.31. The summed E-state index contributed by atoms with van der Waals surface area (Å²) < 4.78 is 65.9. The number of nitrogens with one attached hydrogen (secondary N) is 1. The van der Waals surface area contributed by atoms with Crippen LogP contribution in [0.5, 0.6) is 0 Å². The van der Waals surface area contributed by atoms with Gasteiger partial charge in [0.25, 0.3) is 5.91 Å². The van der Waals surface area contributed by atoms with Crippen LogP contribution in [0, 0.1) is 6.92 Å². The van der Waals surface area contributed by atoms with Gasteiger partial charge in [-0.2, -0.15) is 18.3 Å². The van der Waals surface area contributed by atoms with Gasteiger partial charge in [0.05, 0.1) is 40.1 Å². The molecule has 1 amide bonds. The zero-order chi connectivity index (χ0) is 23.1. The smallest absolute Gasteiger partial charge is 0.322 e. The van der Waals surface area contributed by atoms with Gasteiger partial charge in [-0.3, -0.25) is 9.10 Å². The molecule has 0 bridgehead atoms. The van der Waals surface area contributed by atoms with Crippen molar-refractivity contribution in [3.05, 3.63) is 71.5 Å². The van der Waals surface area contributed by atoms with Crippen molar-refractivity contribution in [1.82, 2.24) is 9.78 Å². The number of rotatable bonds is 4. The Labute approximate surface area is 182 Å². The zero-order valence-corrected chi connectivity index (χ0v) is 17.7. The number of sulfonamides is 1. The van der Waals surface area contributed by atoms with Crippen LogP contribution >= 0.6 is 0 Å². The van der Waals surface area contributed by atoms with Gasteiger partial charge in [-0.15, -0.1) is 0 Å². The summed E-state index contributed by atoms with van der Waals surface area (Å²) in [6.07, 6.45) is -2.68. The van der Waals surface area contributed by atoms with Gasteiger partial charge in [-0.1, -0.05) is 12.1 Å². The van der Waals surface area contributed by atoms with E-state index in [-0.39, 0.29) is 17.0 Å². The molecule has 0 unspecified atom stereocenters. The lowest BCUT2D eigenvalue weighted by molar-refractivity contribution is -0.137. The Morgan fingerprint density at radius 2 is 1.81 bits per heavy atom. The fourth-order valence-electron chi connectivity index (χ4n) is 3.57. The first kappa shape index (κ1) is 21.9. The monoisotopic (exact) mass is 464 g/mol. The number of nitrogens with zero attached hydrogens (tertiary/aromatic N) is 3. The first-order chi connectivity index (χ1) is 15.1. The summed E-state index contributed by atoms with van der Waals surface area (Å²) >= 11 is 0. The second-order valence-electron chi connectivity index (χ2n) is 7.35. The maximum Gasteiger partial charge on any atom is 0.416 e. The number of halogens is 3. The SMILES string of the molecule is Cc1c(C(=O)Nc2cccc(N3CCCS3(=O)=O)c2)cnn1-c1cccc(C(F)(F)F)c1. The standard InChI is InChI=1S/C21H19F3N4O3S/c1-14-19(13-25-28(14)18-8-2-5-15(11-18)21(22,23)24)20(29)26-16-6-3-7-17(12-16)27-9-4-10-32(27,30)31/h2-3,5-8,11-13H,4,9-10H2,1H3,(H,26,29). The van der Waals surface area contributed by atoms with Crippen molar-refractivity contribution in [3.8, 4) is 5.69 Å². The molecule has 0 atom stereocenters.